The molecule has 0 unspecified atom stereocenters. The quantitative estimate of drug-likeness (QED) is 0.642. The van der Waals surface area contributed by atoms with E-state index in [4.69, 9.17) is 0 Å². The van der Waals surface area contributed by atoms with Gasteiger partial charge in [-0.15, -0.1) is 0 Å². The molecule has 2 aliphatic rings. The zero-order valence-corrected chi connectivity index (χ0v) is 18.8. The van der Waals surface area contributed by atoms with E-state index in [1.54, 1.807) is 0 Å². The molecule has 2 heterocycles. The molecule has 3 aromatic rings. The van der Waals surface area contributed by atoms with Crippen LogP contribution in [0.15, 0.2) is 42.5 Å². The van der Waals surface area contributed by atoms with Gasteiger partial charge < -0.3 is 10.2 Å². The molecule has 2 amide bonds. The minimum Gasteiger partial charge on any atom is -0.352 e. The number of hydrogen-bond acceptors (Lipinski definition) is 3. The summed E-state index contributed by atoms with van der Waals surface area (Å²) < 4.78 is 0. The molecule has 1 aliphatic carbocycles. The minimum absolute atomic E-state index is 0.0488. The molecule has 0 saturated carbocycles. The highest BCUT2D eigenvalue weighted by molar-refractivity contribution is 5.99. The van der Waals surface area contributed by atoms with Gasteiger partial charge in [0.2, 0.25) is 0 Å². The number of nitrogens with zero attached hydrogens (tertiary/aromatic N) is 2. The monoisotopic (exact) mass is 428 g/mol. The highest BCUT2D eigenvalue weighted by atomic mass is 16.2. The molecule has 0 radical (unpaired) electrons. The highest BCUT2D eigenvalue weighted by Crippen LogP contribution is 2.40. The van der Waals surface area contributed by atoms with Crippen LogP contribution in [-0.4, -0.2) is 33.5 Å². The van der Waals surface area contributed by atoms with E-state index in [0.717, 1.165) is 40.8 Å². The lowest BCUT2D eigenvalue weighted by molar-refractivity contribution is 0.0766. The van der Waals surface area contributed by atoms with E-state index in [9.17, 15) is 9.59 Å². The standard InChI is InChI=1S/C26H28N4O2/c1-4-27-24(31)17-7-5-16(6-8-17)14-30-15-19-11-18(9-10-20(19)25(30)32)23-21-12-26(2,3)13-22(21)28-29-23/h5-11H,4,12-15H2,1-3H3,(H,27,31)(H,28,29). The van der Waals surface area contributed by atoms with Gasteiger partial charge in [-0.05, 0) is 60.6 Å². The molecular formula is C26H28N4O2. The Morgan fingerprint density at radius 3 is 2.69 bits per heavy atom. The number of carbonyl (C=O) groups excluding carboxylic acids is 2. The number of carbonyl (C=O) groups is 2. The Labute approximate surface area is 188 Å². The van der Waals surface area contributed by atoms with Crippen LogP contribution in [0.25, 0.3) is 11.3 Å². The van der Waals surface area contributed by atoms with E-state index in [-0.39, 0.29) is 17.2 Å². The van der Waals surface area contributed by atoms with Crippen molar-refractivity contribution in [3.8, 4) is 11.3 Å². The predicted molar refractivity (Wildman–Crippen MR) is 123 cm³/mol. The van der Waals surface area contributed by atoms with Crippen molar-refractivity contribution in [2.45, 2.75) is 46.7 Å². The zero-order valence-electron chi connectivity index (χ0n) is 18.8. The lowest BCUT2D eigenvalue weighted by atomic mass is 9.90. The van der Waals surface area contributed by atoms with Crippen molar-refractivity contribution in [3.63, 3.8) is 0 Å². The third-order valence-corrected chi connectivity index (χ3v) is 6.45. The van der Waals surface area contributed by atoms with Crippen molar-refractivity contribution >= 4 is 11.8 Å². The molecule has 6 nitrogen and oxygen atoms in total. The van der Waals surface area contributed by atoms with Gasteiger partial charge in [0.1, 0.15) is 0 Å². The number of benzene rings is 2. The molecule has 0 fully saturated rings. The van der Waals surface area contributed by atoms with Crippen LogP contribution in [0.4, 0.5) is 0 Å². The van der Waals surface area contributed by atoms with Crippen LogP contribution in [0.3, 0.4) is 0 Å². The lowest BCUT2D eigenvalue weighted by Crippen LogP contribution is -2.24. The first-order valence-corrected chi connectivity index (χ1v) is 11.2. The molecule has 0 saturated heterocycles. The van der Waals surface area contributed by atoms with Crippen LogP contribution in [-0.2, 0) is 25.9 Å². The maximum absolute atomic E-state index is 13.0. The molecule has 164 valence electrons. The molecule has 0 bridgehead atoms. The second kappa shape index (κ2) is 7.62. The number of aromatic amines is 1. The zero-order chi connectivity index (χ0) is 22.5. The summed E-state index contributed by atoms with van der Waals surface area (Å²) in [6.07, 6.45) is 2.04. The SMILES string of the molecule is CCNC(=O)c1ccc(CN2Cc3cc(-c4n[nH]c5c4CC(C)(C)C5)ccc3C2=O)cc1. The van der Waals surface area contributed by atoms with Gasteiger partial charge in [-0.3, -0.25) is 14.7 Å². The molecule has 32 heavy (non-hydrogen) atoms. The van der Waals surface area contributed by atoms with Crippen LogP contribution >= 0.6 is 0 Å². The van der Waals surface area contributed by atoms with Crippen molar-refractivity contribution in [1.29, 1.82) is 0 Å². The van der Waals surface area contributed by atoms with Crippen molar-refractivity contribution in [3.05, 3.63) is 76.0 Å². The normalized spacial score (nSPS) is 16.2. The van der Waals surface area contributed by atoms with Gasteiger partial charge in [0.15, 0.2) is 0 Å². The predicted octanol–water partition coefficient (Wildman–Crippen LogP) is 4.11. The van der Waals surface area contributed by atoms with Crippen LogP contribution < -0.4 is 5.32 Å². The fraction of sp³-hybridized carbons (Fsp3) is 0.346. The fourth-order valence-electron chi connectivity index (χ4n) is 4.90. The summed E-state index contributed by atoms with van der Waals surface area (Å²) in [6, 6.07) is 13.5. The molecule has 1 aromatic heterocycles. The van der Waals surface area contributed by atoms with E-state index in [1.807, 2.05) is 48.2 Å². The Kier molecular flexibility index (Phi) is 4.88. The van der Waals surface area contributed by atoms with Gasteiger partial charge in [0, 0.05) is 47.6 Å². The van der Waals surface area contributed by atoms with E-state index < -0.39 is 0 Å². The van der Waals surface area contributed by atoms with E-state index in [1.165, 1.54) is 11.3 Å². The largest absolute Gasteiger partial charge is 0.352 e. The number of amides is 2. The second-order valence-electron chi connectivity index (χ2n) is 9.64. The van der Waals surface area contributed by atoms with Crippen LogP contribution in [0.1, 0.15) is 63.9 Å². The number of hydrogen-bond donors (Lipinski definition) is 2. The highest BCUT2D eigenvalue weighted by Gasteiger charge is 2.33. The third-order valence-electron chi connectivity index (χ3n) is 6.45. The molecular weight excluding hydrogens is 400 g/mol. The van der Waals surface area contributed by atoms with Crippen LogP contribution in [0, 0.1) is 5.41 Å². The van der Waals surface area contributed by atoms with Crippen molar-refractivity contribution in [1.82, 2.24) is 20.4 Å². The maximum Gasteiger partial charge on any atom is 0.254 e. The van der Waals surface area contributed by atoms with Gasteiger partial charge in [-0.25, -0.2) is 0 Å². The molecule has 6 heteroatoms. The average Bonchev–Trinajstić information content (AvgIpc) is 3.38. The number of nitrogens with one attached hydrogen (secondary N) is 2. The number of fused-ring (bicyclic) bond motifs is 2. The second-order valence-corrected chi connectivity index (χ2v) is 9.64. The average molecular weight is 429 g/mol. The van der Waals surface area contributed by atoms with Crippen molar-refractivity contribution in [2.24, 2.45) is 5.41 Å². The minimum atomic E-state index is -0.0792. The number of aromatic nitrogens is 2. The molecule has 2 aromatic carbocycles. The lowest BCUT2D eigenvalue weighted by Gasteiger charge is -2.16. The molecule has 5 rings (SSSR count). The smallest absolute Gasteiger partial charge is 0.254 e. The third kappa shape index (κ3) is 3.60. The van der Waals surface area contributed by atoms with Gasteiger partial charge in [0.05, 0.1) is 5.69 Å². The molecule has 2 N–H and O–H groups in total. The Morgan fingerprint density at radius 2 is 1.94 bits per heavy atom. The first-order chi connectivity index (χ1) is 15.3. The summed E-state index contributed by atoms with van der Waals surface area (Å²) in [5.41, 5.74) is 8.33. The van der Waals surface area contributed by atoms with Crippen LogP contribution in [0.5, 0.6) is 0 Å². The first kappa shape index (κ1) is 20.5. The summed E-state index contributed by atoms with van der Waals surface area (Å²) in [5, 5.41) is 10.6. The number of rotatable bonds is 5. The van der Waals surface area contributed by atoms with Crippen molar-refractivity contribution in [2.75, 3.05) is 6.54 Å². The van der Waals surface area contributed by atoms with E-state index in [2.05, 4.69) is 35.4 Å². The van der Waals surface area contributed by atoms with Crippen molar-refractivity contribution < 1.29 is 9.59 Å². The van der Waals surface area contributed by atoms with Gasteiger partial charge >= 0.3 is 0 Å². The first-order valence-electron chi connectivity index (χ1n) is 11.2. The maximum atomic E-state index is 13.0. The Morgan fingerprint density at radius 1 is 1.16 bits per heavy atom. The van der Waals surface area contributed by atoms with Gasteiger partial charge in [0.25, 0.3) is 11.8 Å². The number of H-pyrrole nitrogens is 1. The summed E-state index contributed by atoms with van der Waals surface area (Å²) in [7, 11) is 0. The van der Waals surface area contributed by atoms with Crippen LogP contribution in [0.2, 0.25) is 0 Å². The van der Waals surface area contributed by atoms with E-state index >= 15 is 0 Å². The van der Waals surface area contributed by atoms with E-state index in [0.29, 0.717) is 25.2 Å². The fourth-order valence-corrected chi connectivity index (χ4v) is 4.90. The Hall–Kier alpha value is -3.41. The molecule has 0 atom stereocenters. The summed E-state index contributed by atoms with van der Waals surface area (Å²) in [4.78, 5) is 26.8. The molecule has 0 spiro atoms. The summed E-state index contributed by atoms with van der Waals surface area (Å²) in [6.45, 7) is 8.17. The summed E-state index contributed by atoms with van der Waals surface area (Å²) in [5.74, 6) is -0.0304. The Balaban J connectivity index is 1.33. The molecule has 1 aliphatic heterocycles. The van der Waals surface area contributed by atoms with Gasteiger partial charge in [-0.2, -0.15) is 5.10 Å². The topological polar surface area (TPSA) is 78.1 Å². The van der Waals surface area contributed by atoms with Gasteiger partial charge in [-0.1, -0.05) is 32.0 Å². The summed E-state index contributed by atoms with van der Waals surface area (Å²) >= 11 is 0. The Bertz CT molecular complexity index is 1210.